The molecule has 0 saturated carbocycles. The van der Waals surface area contributed by atoms with Gasteiger partial charge in [-0.15, -0.1) is 0 Å². The van der Waals surface area contributed by atoms with Gasteiger partial charge < -0.3 is 0 Å². The lowest BCUT2D eigenvalue weighted by Crippen LogP contribution is -2.19. The van der Waals surface area contributed by atoms with Crippen LogP contribution in [0.25, 0.3) is 0 Å². The number of rotatable bonds is 3. The van der Waals surface area contributed by atoms with E-state index in [1.54, 1.807) is 30.3 Å². The Labute approximate surface area is 120 Å². The lowest BCUT2D eigenvalue weighted by Gasteiger charge is -2.19. The predicted molar refractivity (Wildman–Crippen MR) is 76.3 cm³/mol. The lowest BCUT2D eigenvalue weighted by atomic mass is 10.3. The first-order valence-corrected chi connectivity index (χ1v) is 7.10. The number of hydrogen-bond donors (Lipinski definition) is 1. The highest BCUT2D eigenvalue weighted by atomic mass is 79.9. The van der Waals surface area contributed by atoms with Gasteiger partial charge in [-0.1, -0.05) is 29.8 Å². The van der Waals surface area contributed by atoms with Gasteiger partial charge in [0.05, 0.1) is 22.0 Å². The van der Waals surface area contributed by atoms with Crippen LogP contribution in [-0.2, 0) is 11.3 Å². The van der Waals surface area contributed by atoms with Crippen molar-refractivity contribution < 1.29 is 8.76 Å². The van der Waals surface area contributed by atoms with E-state index in [1.165, 1.54) is 10.5 Å². The van der Waals surface area contributed by atoms with E-state index in [0.29, 0.717) is 21.0 Å². The fourth-order valence-corrected chi connectivity index (χ4v) is 2.44. The minimum atomic E-state index is -2.19. The van der Waals surface area contributed by atoms with Gasteiger partial charge in [0.1, 0.15) is 5.15 Å². The quantitative estimate of drug-likeness (QED) is 0.679. The van der Waals surface area contributed by atoms with Crippen molar-refractivity contribution in [3.63, 3.8) is 0 Å². The van der Waals surface area contributed by atoms with Crippen LogP contribution in [0.1, 0.15) is 0 Å². The molecule has 1 heterocycles. The van der Waals surface area contributed by atoms with E-state index in [9.17, 15) is 8.76 Å². The first-order valence-electron chi connectivity index (χ1n) is 4.87. The average molecular weight is 348 g/mol. The van der Waals surface area contributed by atoms with Gasteiger partial charge in [0.15, 0.2) is 0 Å². The Balaban J connectivity index is 2.49. The Morgan fingerprint density at radius 3 is 2.50 bits per heavy atom. The molecule has 1 unspecified atom stereocenters. The zero-order chi connectivity index (χ0) is 13.1. The third-order valence-corrected chi connectivity index (χ3v) is 4.03. The molecular formula is C11H8BrClN2O2S. The number of nitrogens with zero attached hydrogens (tertiary/aromatic N) is 2. The molecule has 1 aromatic carbocycles. The summed E-state index contributed by atoms with van der Waals surface area (Å²) >= 11 is 6.84. The van der Waals surface area contributed by atoms with Crippen LogP contribution in [0.3, 0.4) is 0 Å². The van der Waals surface area contributed by atoms with Crippen LogP contribution in [0, 0.1) is 0 Å². The molecule has 0 bridgehead atoms. The zero-order valence-electron chi connectivity index (χ0n) is 8.96. The highest BCUT2D eigenvalue weighted by Crippen LogP contribution is 2.30. The summed E-state index contributed by atoms with van der Waals surface area (Å²) in [6.07, 6.45) is 1.44. The molecule has 0 aliphatic heterocycles. The van der Waals surface area contributed by atoms with Gasteiger partial charge in [0.2, 0.25) is 0 Å². The fourth-order valence-electron chi connectivity index (χ4n) is 1.42. The van der Waals surface area contributed by atoms with Crippen LogP contribution in [0.4, 0.5) is 11.4 Å². The zero-order valence-corrected chi connectivity index (χ0v) is 12.1. The number of anilines is 2. The van der Waals surface area contributed by atoms with Crippen LogP contribution in [-0.4, -0.2) is 13.7 Å². The molecular weight excluding hydrogens is 340 g/mol. The maximum atomic E-state index is 11.5. The first kappa shape index (κ1) is 13.5. The molecule has 1 aromatic heterocycles. The minimum absolute atomic E-state index is 0.301. The van der Waals surface area contributed by atoms with E-state index in [1.807, 2.05) is 6.07 Å². The topological polar surface area (TPSA) is 53.4 Å². The molecule has 18 heavy (non-hydrogen) atoms. The second-order valence-corrected chi connectivity index (χ2v) is 5.37. The number of hydrogen-bond acceptors (Lipinski definition) is 2. The number of benzene rings is 1. The molecule has 0 aliphatic rings. The van der Waals surface area contributed by atoms with Crippen molar-refractivity contribution in [2.45, 2.75) is 0 Å². The van der Waals surface area contributed by atoms with E-state index in [0.717, 1.165) is 0 Å². The third kappa shape index (κ3) is 2.89. The summed E-state index contributed by atoms with van der Waals surface area (Å²) in [5.74, 6) is 0. The molecule has 0 fully saturated rings. The monoisotopic (exact) mass is 346 g/mol. The molecule has 0 amide bonds. The van der Waals surface area contributed by atoms with Gasteiger partial charge >= 0.3 is 0 Å². The maximum absolute atomic E-state index is 11.5. The molecule has 4 nitrogen and oxygen atoms in total. The molecule has 94 valence electrons. The molecule has 0 spiro atoms. The SMILES string of the molecule is O=S(O)N(c1ccccc1)c1cnc(Cl)c(Br)c1. The maximum Gasteiger partial charge on any atom is 0.266 e. The second-order valence-electron chi connectivity index (χ2n) is 3.33. The Hall–Kier alpha value is -0.950. The van der Waals surface area contributed by atoms with E-state index < -0.39 is 11.3 Å². The number of pyridine rings is 1. The summed E-state index contributed by atoms with van der Waals surface area (Å²) in [5, 5.41) is 0.301. The predicted octanol–water partition coefficient (Wildman–Crippen LogP) is 3.77. The van der Waals surface area contributed by atoms with E-state index in [-0.39, 0.29) is 0 Å². The Morgan fingerprint density at radius 2 is 1.94 bits per heavy atom. The molecule has 0 saturated heterocycles. The Morgan fingerprint density at radius 1 is 1.28 bits per heavy atom. The van der Waals surface area contributed by atoms with Crippen molar-refractivity contribution >= 4 is 50.2 Å². The highest BCUT2D eigenvalue weighted by Gasteiger charge is 2.16. The van der Waals surface area contributed by atoms with Crippen LogP contribution in [0.5, 0.6) is 0 Å². The molecule has 0 radical (unpaired) electrons. The largest absolute Gasteiger partial charge is 0.289 e. The van der Waals surface area contributed by atoms with Crippen molar-refractivity contribution in [1.29, 1.82) is 0 Å². The van der Waals surface area contributed by atoms with Gasteiger partial charge in [-0.05, 0) is 34.1 Å². The third-order valence-electron chi connectivity index (χ3n) is 2.16. The molecule has 0 aliphatic carbocycles. The van der Waals surface area contributed by atoms with Gasteiger partial charge in [0.25, 0.3) is 11.3 Å². The van der Waals surface area contributed by atoms with E-state index >= 15 is 0 Å². The summed E-state index contributed by atoms with van der Waals surface area (Å²) < 4.78 is 22.7. The molecule has 1 atom stereocenters. The average Bonchev–Trinajstić information content (AvgIpc) is 2.35. The lowest BCUT2D eigenvalue weighted by molar-refractivity contribution is 0.564. The minimum Gasteiger partial charge on any atom is -0.289 e. The summed E-state index contributed by atoms with van der Waals surface area (Å²) in [7, 11) is 0. The van der Waals surface area contributed by atoms with E-state index in [2.05, 4.69) is 20.9 Å². The van der Waals surface area contributed by atoms with Crippen LogP contribution >= 0.6 is 27.5 Å². The van der Waals surface area contributed by atoms with E-state index in [4.69, 9.17) is 11.6 Å². The van der Waals surface area contributed by atoms with Crippen LogP contribution in [0.15, 0.2) is 47.1 Å². The van der Waals surface area contributed by atoms with Crippen molar-refractivity contribution in [1.82, 2.24) is 4.98 Å². The summed E-state index contributed by atoms with van der Waals surface area (Å²) in [6, 6.07) is 10.5. The molecule has 2 rings (SSSR count). The van der Waals surface area contributed by atoms with Crippen molar-refractivity contribution in [2.24, 2.45) is 0 Å². The summed E-state index contributed by atoms with van der Waals surface area (Å²) in [4.78, 5) is 3.94. The molecule has 1 N–H and O–H groups in total. The van der Waals surface area contributed by atoms with Crippen molar-refractivity contribution in [3.8, 4) is 0 Å². The number of aromatic nitrogens is 1. The Bertz CT molecular complexity index is 583. The van der Waals surface area contributed by atoms with Crippen LogP contribution in [0.2, 0.25) is 5.15 Å². The summed E-state index contributed by atoms with van der Waals surface area (Å²) in [6.45, 7) is 0. The van der Waals surface area contributed by atoms with Gasteiger partial charge in [-0.3, -0.25) is 4.55 Å². The first-order chi connectivity index (χ1) is 8.59. The van der Waals surface area contributed by atoms with Gasteiger partial charge in [0, 0.05) is 0 Å². The standard InChI is InChI=1S/C11H8BrClN2O2S/c12-10-6-9(7-14-11(10)13)15(18(16)17)8-4-2-1-3-5-8/h1-7H,(H,16,17). The summed E-state index contributed by atoms with van der Waals surface area (Å²) in [5.41, 5.74) is 1.06. The fraction of sp³-hybridized carbons (Fsp3) is 0. The van der Waals surface area contributed by atoms with Gasteiger partial charge in [-0.2, -0.15) is 0 Å². The van der Waals surface area contributed by atoms with Crippen molar-refractivity contribution in [2.75, 3.05) is 4.31 Å². The van der Waals surface area contributed by atoms with Gasteiger partial charge in [-0.25, -0.2) is 13.5 Å². The number of halogens is 2. The second kappa shape index (κ2) is 5.79. The highest BCUT2D eigenvalue weighted by molar-refractivity contribution is 9.10. The van der Waals surface area contributed by atoms with Crippen LogP contribution < -0.4 is 4.31 Å². The normalized spacial score (nSPS) is 12.2. The number of para-hydroxylation sites is 1. The van der Waals surface area contributed by atoms with Crippen molar-refractivity contribution in [3.05, 3.63) is 52.2 Å². The smallest absolute Gasteiger partial charge is 0.266 e. The molecule has 2 aromatic rings. The Kier molecular flexibility index (Phi) is 4.34. The molecule has 7 heteroatoms.